The number of hydrogen-bond acceptors (Lipinski definition) is 2. The van der Waals surface area contributed by atoms with E-state index in [1.165, 1.54) is 24.8 Å². The third-order valence-electron chi connectivity index (χ3n) is 3.77. The first kappa shape index (κ1) is 17.8. The molecular formula is C20H26ClNO. The number of halogens is 1. The summed E-state index contributed by atoms with van der Waals surface area (Å²) in [4.78, 5) is 0. The standard InChI is InChI=1S/C20H26ClNO/c1-2-3-4-7-13-23-19-11-8-9-17(14-19)15-22-16-18-10-5-6-12-20(18)21/h5-6,8-12,14,22H,2-4,7,13,15-16H2,1H3. The first-order valence-corrected chi connectivity index (χ1v) is 8.83. The predicted molar refractivity (Wildman–Crippen MR) is 98.1 cm³/mol. The molecule has 0 saturated carbocycles. The molecule has 0 aliphatic carbocycles. The topological polar surface area (TPSA) is 21.3 Å². The minimum atomic E-state index is 0.766. The fraction of sp³-hybridized carbons (Fsp3) is 0.400. The average Bonchev–Trinajstić information content (AvgIpc) is 2.57. The van der Waals surface area contributed by atoms with Crippen molar-refractivity contribution in [1.82, 2.24) is 5.32 Å². The summed E-state index contributed by atoms with van der Waals surface area (Å²) in [7, 11) is 0. The Labute approximate surface area is 144 Å². The molecule has 2 aromatic carbocycles. The van der Waals surface area contributed by atoms with Crippen molar-refractivity contribution < 1.29 is 4.74 Å². The van der Waals surface area contributed by atoms with Crippen molar-refractivity contribution in [3.63, 3.8) is 0 Å². The quantitative estimate of drug-likeness (QED) is 0.573. The summed E-state index contributed by atoms with van der Waals surface area (Å²) in [6, 6.07) is 16.2. The van der Waals surface area contributed by atoms with Gasteiger partial charge in [-0.1, -0.05) is 68.1 Å². The zero-order valence-electron chi connectivity index (χ0n) is 13.9. The molecule has 0 aliphatic rings. The minimum Gasteiger partial charge on any atom is -0.494 e. The predicted octanol–water partition coefficient (Wildman–Crippen LogP) is 5.59. The molecule has 1 N–H and O–H groups in total. The van der Waals surface area contributed by atoms with Gasteiger partial charge in [0.05, 0.1) is 6.61 Å². The van der Waals surface area contributed by atoms with Crippen LogP contribution in [-0.2, 0) is 13.1 Å². The van der Waals surface area contributed by atoms with Gasteiger partial charge in [-0.2, -0.15) is 0 Å². The van der Waals surface area contributed by atoms with E-state index in [0.717, 1.165) is 42.5 Å². The highest BCUT2D eigenvalue weighted by molar-refractivity contribution is 6.31. The van der Waals surface area contributed by atoms with E-state index in [9.17, 15) is 0 Å². The SMILES string of the molecule is CCCCCCOc1cccc(CNCc2ccccc2Cl)c1. The Bertz CT molecular complexity index is 585. The molecule has 0 fully saturated rings. The second kappa shape index (κ2) is 10.3. The zero-order valence-corrected chi connectivity index (χ0v) is 14.6. The van der Waals surface area contributed by atoms with Gasteiger partial charge in [0.15, 0.2) is 0 Å². The molecule has 3 heteroatoms. The van der Waals surface area contributed by atoms with Crippen molar-refractivity contribution in [2.45, 2.75) is 45.7 Å². The molecule has 0 saturated heterocycles. The first-order valence-electron chi connectivity index (χ1n) is 8.45. The van der Waals surface area contributed by atoms with Gasteiger partial charge >= 0.3 is 0 Å². The molecule has 0 aromatic heterocycles. The summed E-state index contributed by atoms with van der Waals surface area (Å²) in [5, 5.41) is 4.24. The van der Waals surface area contributed by atoms with Crippen LogP contribution in [0.15, 0.2) is 48.5 Å². The average molecular weight is 332 g/mol. The van der Waals surface area contributed by atoms with Crippen molar-refractivity contribution in [3.05, 3.63) is 64.7 Å². The Balaban J connectivity index is 1.75. The van der Waals surface area contributed by atoms with Gasteiger partial charge in [0.1, 0.15) is 5.75 Å². The van der Waals surface area contributed by atoms with Crippen LogP contribution in [-0.4, -0.2) is 6.61 Å². The summed E-state index contributed by atoms with van der Waals surface area (Å²) in [5.41, 5.74) is 2.35. The van der Waals surface area contributed by atoms with Gasteiger partial charge in [-0.05, 0) is 35.7 Å². The highest BCUT2D eigenvalue weighted by Gasteiger charge is 2.00. The molecule has 124 valence electrons. The van der Waals surface area contributed by atoms with Gasteiger partial charge in [0, 0.05) is 18.1 Å². The maximum Gasteiger partial charge on any atom is 0.119 e. The highest BCUT2D eigenvalue weighted by Crippen LogP contribution is 2.16. The summed E-state index contributed by atoms with van der Waals surface area (Å²) < 4.78 is 5.83. The van der Waals surface area contributed by atoms with Gasteiger partial charge in [-0.3, -0.25) is 0 Å². The van der Waals surface area contributed by atoms with E-state index >= 15 is 0 Å². The third-order valence-corrected chi connectivity index (χ3v) is 4.14. The lowest BCUT2D eigenvalue weighted by Gasteiger charge is -2.09. The number of ether oxygens (including phenoxy) is 1. The number of nitrogens with one attached hydrogen (secondary N) is 1. The Morgan fingerprint density at radius 1 is 0.957 bits per heavy atom. The number of rotatable bonds is 10. The van der Waals surface area contributed by atoms with Crippen LogP contribution < -0.4 is 10.1 Å². The third kappa shape index (κ3) is 6.64. The van der Waals surface area contributed by atoms with Crippen LogP contribution >= 0.6 is 11.6 Å². The summed E-state index contributed by atoms with van der Waals surface area (Å²) >= 11 is 6.16. The smallest absolute Gasteiger partial charge is 0.119 e. The molecule has 0 heterocycles. The van der Waals surface area contributed by atoms with Gasteiger partial charge in [0.25, 0.3) is 0 Å². The van der Waals surface area contributed by atoms with Crippen LogP contribution in [0, 0.1) is 0 Å². The van der Waals surface area contributed by atoms with E-state index in [2.05, 4.69) is 24.4 Å². The Morgan fingerprint density at radius 3 is 2.65 bits per heavy atom. The van der Waals surface area contributed by atoms with Crippen molar-refractivity contribution in [2.24, 2.45) is 0 Å². The number of unbranched alkanes of at least 4 members (excludes halogenated alkanes) is 3. The van der Waals surface area contributed by atoms with Gasteiger partial charge in [0.2, 0.25) is 0 Å². The maximum atomic E-state index is 6.16. The summed E-state index contributed by atoms with van der Waals surface area (Å²) in [6.07, 6.45) is 4.92. The van der Waals surface area contributed by atoms with Gasteiger partial charge < -0.3 is 10.1 Å². The van der Waals surface area contributed by atoms with E-state index < -0.39 is 0 Å². The van der Waals surface area contributed by atoms with Crippen molar-refractivity contribution >= 4 is 11.6 Å². The van der Waals surface area contributed by atoms with Crippen LogP contribution in [0.1, 0.15) is 43.7 Å². The molecule has 2 nitrogen and oxygen atoms in total. The molecule has 0 bridgehead atoms. The highest BCUT2D eigenvalue weighted by atomic mass is 35.5. The van der Waals surface area contributed by atoms with Crippen LogP contribution in [0.2, 0.25) is 5.02 Å². The number of benzene rings is 2. The van der Waals surface area contributed by atoms with E-state index in [1.807, 2.05) is 36.4 Å². The molecule has 0 radical (unpaired) electrons. The summed E-state index contributed by atoms with van der Waals surface area (Å²) in [5.74, 6) is 0.957. The second-order valence-corrected chi connectivity index (χ2v) is 6.16. The molecule has 0 amide bonds. The largest absolute Gasteiger partial charge is 0.494 e. The first-order chi connectivity index (χ1) is 11.3. The van der Waals surface area contributed by atoms with Crippen LogP contribution in [0.3, 0.4) is 0 Å². The monoisotopic (exact) mass is 331 g/mol. The molecule has 0 unspecified atom stereocenters. The summed E-state index contributed by atoms with van der Waals surface area (Å²) in [6.45, 7) is 4.59. The normalized spacial score (nSPS) is 10.7. The Hall–Kier alpha value is -1.51. The fourth-order valence-corrected chi connectivity index (χ4v) is 2.65. The van der Waals surface area contributed by atoms with Crippen LogP contribution in [0.25, 0.3) is 0 Å². The molecule has 0 aliphatic heterocycles. The van der Waals surface area contributed by atoms with Crippen LogP contribution in [0.4, 0.5) is 0 Å². The lowest BCUT2D eigenvalue weighted by Crippen LogP contribution is -2.13. The molecule has 2 aromatic rings. The minimum absolute atomic E-state index is 0.766. The van der Waals surface area contributed by atoms with Gasteiger partial charge in [-0.15, -0.1) is 0 Å². The van der Waals surface area contributed by atoms with E-state index in [0.29, 0.717) is 0 Å². The van der Waals surface area contributed by atoms with Crippen LogP contribution in [0.5, 0.6) is 5.75 Å². The maximum absolute atomic E-state index is 6.16. The van der Waals surface area contributed by atoms with Crippen molar-refractivity contribution in [3.8, 4) is 5.75 Å². The second-order valence-electron chi connectivity index (χ2n) is 5.75. The molecule has 0 atom stereocenters. The zero-order chi connectivity index (χ0) is 16.3. The Morgan fingerprint density at radius 2 is 1.83 bits per heavy atom. The lowest BCUT2D eigenvalue weighted by atomic mass is 10.2. The van der Waals surface area contributed by atoms with E-state index in [-0.39, 0.29) is 0 Å². The van der Waals surface area contributed by atoms with E-state index in [1.54, 1.807) is 0 Å². The lowest BCUT2D eigenvalue weighted by molar-refractivity contribution is 0.304. The molecule has 0 spiro atoms. The van der Waals surface area contributed by atoms with Gasteiger partial charge in [-0.25, -0.2) is 0 Å². The van der Waals surface area contributed by atoms with Crippen molar-refractivity contribution in [2.75, 3.05) is 6.61 Å². The fourth-order valence-electron chi connectivity index (χ4n) is 2.45. The van der Waals surface area contributed by atoms with E-state index in [4.69, 9.17) is 16.3 Å². The number of hydrogen-bond donors (Lipinski definition) is 1. The Kier molecular flexibility index (Phi) is 7.99. The van der Waals surface area contributed by atoms with Crippen molar-refractivity contribution in [1.29, 1.82) is 0 Å². The molecule has 2 rings (SSSR count). The molecular weight excluding hydrogens is 306 g/mol. The molecule has 23 heavy (non-hydrogen) atoms.